The zero-order valence-electron chi connectivity index (χ0n) is 18.8. The summed E-state index contributed by atoms with van der Waals surface area (Å²) in [6, 6.07) is 6.66. The van der Waals surface area contributed by atoms with E-state index in [1.165, 1.54) is 24.5 Å². The van der Waals surface area contributed by atoms with Gasteiger partial charge in [-0.05, 0) is 50.6 Å². The van der Waals surface area contributed by atoms with Crippen LogP contribution >= 0.6 is 0 Å². The summed E-state index contributed by atoms with van der Waals surface area (Å²) in [5, 5.41) is 4.19. The van der Waals surface area contributed by atoms with Crippen molar-refractivity contribution >= 4 is 11.9 Å². The van der Waals surface area contributed by atoms with Crippen LogP contribution in [0.5, 0.6) is 0 Å². The van der Waals surface area contributed by atoms with Gasteiger partial charge in [-0.2, -0.15) is 4.98 Å². The molecule has 0 radical (unpaired) electrons. The summed E-state index contributed by atoms with van der Waals surface area (Å²) >= 11 is 0. The average Bonchev–Trinajstić information content (AvgIpc) is 3.30. The molecule has 1 saturated heterocycles. The van der Waals surface area contributed by atoms with E-state index in [0.717, 1.165) is 43.9 Å². The van der Waals surface area contributed by atoms with Crippen molar-refractivity contribution in [1.29, 1.82) is 0 Å². The number of aromatic nitrogens is 4. The fraction of sp³-hybridized carbons (Fsp3) is 0.435. The smallest absolute Gasteiger partial charge is 0.341 e. The van der Waals surface area contributed by atoms with Crippen LogP contribution in [0.1, 0.15) is 53.3 Å². The number of nitrogens with zero attached hydrogens (tertiary/aromatic N) is 6. The molecular formula is C23H27FN6O3. The number of benzene rings is 1. The summed E-state index contributed by atoms with van der Waals surface area (Å²) in [6.07, 6.45) is 4.76. The standard InChI is InChI=1S/C23H27FN6O3/c1-3-32-22(31)18-12-25-23(26-13-18)29(2)15-20-27-21(28-33-20)17-8-10-30(11-9-17)14-16-4-6-19(24)7-5-16/h4-7,12-13,17H,3,8-11,14-15H2,1-2H3. The fourth-order valence-electron chi connectivity index (χ4n) is 3.81. The Kier molecular flexibility index (Phi) is 7.23. The zero-order chi connectivity index (χ0) is 23.2. The molecule has 0 saturated carbocycles. The van der Waals surface area contributed by atoms with Crippen molar-refractivity contribution in [3.63, 3.8) is 0 Å². The molecule has 0 bridgehead atoms. The Morgan fingerprint density at radius 1 is 1.21 bits per heavy atom. The van der Waals surface area contributed by atoms with Crippen molar-refractivity contribution in [2.75, 3.05) is 31.6 Å². The first-order valence-electron chi connectivity index (χ1n) is 11.0. The van der Waals surface area contributed by atoms with Gasteiger partial charge in [-0.1, -0.05) is 17.3 Å². The quantitative estimate of drug-likeness (QED) is 0.475. The van der Waals surface area contributed by atoms with Crippen molar-refractivity contribution in [2.24, 2.45) is 0 Å². The van der Waals surface area contributed by atoms with E-state index in [2.05, 4.69) is 25.0 Å². The molecule has 9 nitrogen and oxygen atoms in total. The van der Waals surface area contributed by atoms with Crippen molar-refractivity contribution in [3.8, 4) is 0 Å². The number of ether oxygens (including phenoxy) is 1. The minimum absolute atomic E-state index is 0.212. The van der Waals surface area contributed by atoms with Crippen LogP contribution in [-0.4, -0.2) is 57.7 Å². The van der Waals surface area contributed by atoms with Gasteiger partial charge in [0, 0.05) is 31.9 Å². The van der Waals surface area contributed by atoms with E-state index >= 15 is 0 Å². The highest BCUT2D eigenvalue weighted by molar-refractivity contribution is 5.88. The van der Waals surface area contributed by atoms with E-state index in [1.807, 2.05) is 19.2 Å². The molecule has 10 heteroatoms. The lowest BCUT2D eigenvalue weighted by Gasteiger charge is -2.30. The number of esters is 1. The topological polar surface area (TPSA) is 97.5 Å². The number of halogens is 1. The number of anilines is 1. The summed E-state index contributed by atoms with van der Waals surface area (Å²) in [6.45, 7) is 5.06. The van der Waals surface area contributed by atoms with Gasteiger partial charge in [-0.25, -0.2) is 19.2 Å². The second-order valence-corrected chi connectivity index (χ2v) is 8.07. The van der Waals surface area contributed by atoms with Gasteiger partial charge in [0.25, 0.3) is 0 Å². The minimum atomic E-state index is -0.447. The monoisotopic (exact) mass is 454 g/mol. The van der Waals surface area contributed by atoms with Gasteiger partial charge >= 0.3 is 5.97 Å². The minimum Gasteiger partial charge on any atom is -0.462 e. The number of carbonyl (C=O) groups is 1. The Morgan fingerprint density at radius 3 is 2.58 bits per heavy atom. The number of piperidine rings is 1. The largest absolute Gasteiger partial charge is 0.462 e. The fourth-order valence-corrected chi connectivity index (χ4v) is 3.81. The molecule has 0 aliphatic carbocycles. The molecule has 174 valence electrons. The first-order chi connectivity index (χ1) is 16.0. The van der Waals surface area contributed by atoms with E-state index in [-0.39, 0.29) is 11.7 Å². The van der Waals surface area contributed by atoms with Crippen LogP contribution in [0.25, 0.3) is 0 Å². The van der Waals surface area contributed by atoms with Gasteiger partial charge < -0.3 is 14.2 Å². The Hall–Kier alpha value is -3.40. The second kappa shape index (κ2) is 10.5. The highest BCUT2D eigenvalue weighted by atomic mass is 19.1. The SMILES string of the molecule is CCOC(=O)c1cnc(N(C)Cc2nc(C3CCN(Cc4ccc(F)cc4)CC3)no2)nc1. The summed E-state index contributed by atoms with van der Waals surface area (Å²) in [4.78, 5) is 28.9. The van der Waals surface area contributed by atoms with Crippen LogP contribution in [0.4, 0.5) is 10.3 Å². The van der Waals surface area contributed by atoms with Crippen molar-refractivity contribution in [3.05, 3.63) is 65.3 Å². The van der Waals surface area contributed by atoms with E-state index in [4.69, 9.17) is 9.26 Å². The lowest BCUT2D eigenvalue weighted by Crippen LogP contribution is -2.32. The van der Waals surface area contributed by atoms with Gasteiger partial charge in [0.1, 0.15) is 5.82 Å². The molecule has 3 heterocycles. The van der Waals surface area contributed by atoms with E-state index in [9.17, 15) is 9.18 Å². The molecule has 2 aromatic heterocycles. The molecule has 1 aliphatic rings. The van der Waals surface area contributed by atoms with E-state index in [0.29, 0.717) is 30.6 Å². The second-order valence-electron chi connectivity index (χ2n) is 8.07. The molecule has 4 rings (SSSR count). The Bertz CT molecular complexity index is 1050. The number of likely N-dealkylation sites (tertiary alicyclic amines) is 1. The molecule has 0 N–H and O–H groups in total. The Balaban J connectivity index is 1.28. The van der Waals surface area contributed by atoms with Crippen LogP contribution in [0, 0.1) is 5.82 Å². The molecular weight excluding hydrogens is 427 g/mol. The maximum Gasteiger partial charge on any atom is 0.341 e. The van der Waals surface area contributed by atoms with Crippen molar-refractivity contribution in [1.82, 2.24) is 25.0 Å². The van der Waals surface area contributed by atoms with Gasteiger partial charge in [0.2, 0.25) is 11.8 Å². The van der Waals surface area contributed by atoms with E-state index < -0.39 is 5.97 Å². The van der Waals surface area contributed by atoms with Gasteiger partial charge in [-0.3, -0.25) is 4.90 Å². The van der Waals surface area contributed by atoms with Gasteiger partial charge in [-0.15, -0.1) is 0 Å². The molecule has 0 unspecified atom stereocenters. The van der Waals surface area contributed by atoms with Gasteiger partial charge in [0.15, 0.2) is 5.82 Å². The molecule has 0 atom stereocenters. The Labute approximate surface area is 191 Å². The van der Waals surface area contributed by atoms with Crippen LogP contribution in [-0.2, 0) is 17.8 Å². The predicted molar refractivity (Wildman–Crippen MR) is 118 cm³/mol. The zero-order valence-corrected chi connectivity index (χ0v) is 18.8. The van der Waals surface area contributed by atoms with Crippen LogP contribution in [0.3, 0.4) is 0 Å². The summed E-state index contributed by atoms with van der Waals surface area (Å²) in [5.41, 5.74) is 1.41. The van der Waals surface area contributed by atoms with Gasteiger partial charge in [0.05, 0.1) is 18.7 Å². The normalized spacial score (nSPS) is 14.9. The molecule has 1 aliphatic heterocycles. The third-order valence-corrected chi connectivity index (χ3v) is 5.62. The number of carbonyl (C=O) groups excluding carboxylic acids is 1. The van der Waals surface area contributed by atoms with Crippen LogP contribution in [0.15, 0.2) is 41.2 Å². The highest BCUT2D eigenvalue weighted by Gasteiger charge is 2.25. The summed E-state index contributed by atoms with van der Waals surface area (Å²) < 4.78 is 23.5. The first-order valence-corrected chi connectivity index (χ1v) is 11.0. The third-order valence-electron chi connectivity index (χ3n) is 5.62. The highest BCUT2D eigenvalue weighted by Crippen LogP contribution is 2.27. The number of hydrogen-bond donors (Lipinski definition) is 0. The summed E-state index contributed by atoms with van der Waals surface area (Å²) in [7, 11) is 1.82. The molecule has 1 fully saturated rings. The van der Waals surface area contributed by atoms with Crippen molar-refractivity contribution in [2.45, 2.75) is 38.8 Å². The number of hydrogen-bond acceptors (Lipinski definition) is 9. The van der Waals surface area contributed by atoms with Crippen LogP contribution < -0.4 is 4.90 Å². The maximum atomic E-state index is 13.1. The average molecular weight is 455 g/mol. The molecule has 33 heavy (non-hydrogen) atoms. The third kappa shape index (κ3) is 5.89. The predicted octanol–water partition coefficient (Wildman–Crippen LogP) is 3.19. The lowest BCUT2D eigenvalue weighted by atomic mass is 9.96. The maximum absolute atomic E-state index is 13.1. The number of rotatable bonds is 8. The molecule has 1 aromatic carbocycles. The lowest BCUT2D eigenvalue weighted by molar-refractivity contribution is 0.0525. The molecule has 0 spiro atoms. The van der Waals surface area contributed by atoms with E-state index in [1.54, 1.807) is 11.8 Å². The molecule has 3 aromatic rings. The van der Waals surface area contributed by atoms with Crippen molar-refractivity contribution < 1.29 is 18.4 Å². The first kappa shape index (κ1) is 22.8. The van der Waals surface area contributed by atoms with Crippen LogP contribution in [0.2, 0.25) is 0 Å². The Morgan fingerprint density at radius 2 is 1.91 bits per heavy atom. The summed E-state index contributed by atoms with van der Waals surface area (Å²) in [5.74, 6) is 1.24. The molecule has 0 amide bonds.